The van der Waals surface area contributed by atoms with Gasteiger partial charge in [0.2, 0.25) is 5.91 Å². The molecular weight excluding hydrogens is 374 g/mol. The molecule has 0 radical (unpaired) electrons. The average Bonchev–Trinajstić information content (AvgIpc) is 2.72. The molecule has 0 spiro atoms. The molecule has 2 aromatic rings. The maximum absolute atomic E-state index is 12.7. The van der Waals surface area contributed by atoms with E-state index in [2.05, 4.69) is 34.6 Å². The molecule has 0 fully saturated rings. The number of hydrogen-bond acceptors (Lipinski definition) is 3. The van der Waals surface area contributed by atoms with Crippen LogP contribution in [-0.2, 0) is 17.6 Å². The lowest BCUT2D eigenvalue weighted by Crippen LogP contribution is -2.43. The lowest BCUT2D eigenvalue weighted by atomic mass is 9.95. The molecular formula is C25H33N3O2. The quantitative estimate of drug-likeness (QED) is 0.701. The number of hydrogen-bond donors (Lipinski definition) is 2. The van der Waals surface area contributed by atoms with Crippen LogP contribution in [0.1, 0.15) is 55.1 Å². The van der Waals surface area contributed by atoms with Gasteiger partial charge in [0.05, 0.1) is 6.54 Å². The summed E-state index contributed by atoms with van der Waals surface area (Å²) in [6.07, 6.45) is 3.66. The van der Waals surface area contributed by atoms with Crippen molar-refractivity contribution in [3.8, 4) is 0 Å². The zero-order chi connectivity index (χ0) is 21.5. The van der Waals surface area contributed by atoms with E-state index in [1.54, 1.807) is 0 Å². The number of benzene rings is 2. The summed E-state index contributed by atoms with van der Waals surface area (Å²) in [7, 11) is 0. The van der Waals surface area contributed by atoms with Gasteiger partial charge in [-0.05, 0) is 69.7 Å². The number of anilines is 1. The molecule has 5 nitrogen and oxygen atoms in total. The first-order valence-electron chi connectivity index (χ1n) is 10.9. The number of carbonyl (C=O) groups is 2. The first-order chi connectivity index (χ1) is 14.4. The van der Waals surface area contributed by atoms with Gasteiger partial charge in [-0.15, -0.1) is 0 Å². The fraction of sp³-hybridized carbons (Fsp3) is 0.440. The molecule has 2 aromatic carbocycles. The van der Waals surface area contributed by atoms with Gasteiger partial charge in [0, 0.05) is 29.9 Å². The lowest BCUT2D eigenvalue weighted by Gasteiger charge is -2.32. The molecule has 160 valence electrons. The minimum atomic E-state index is -0.0392. The molecule has 1 atom stereocenters. The second-order valence-electron chi connectivity index (χ2n) is 8.45. The summed E-state index contributed by atoms with van der Waals surface area (Å²) in [6, 6.07) is 16.4. The van der Waals surface area contributed by atoms with Gasteiger partial charge in [-0.1, -0.05) is 36.4 Å². The van der Waals surface area contributed by atoms with E-state index in [9.17, 15) is 9.59 Å². The van der Waals surface area contributed by atoms with Crippen LogP contribution in [0.3, 0.4) is 0 Å². The Morgan fingerprint density at radius 3 is 2.50 bits per heavy atom. The van der Waals surface area contributed by atoms with E-state index in [0.29, 0.717) is 6.54 Å². The van der Waals surface area contributed by atoms with Crippen LogP contribution >= 0.6 is 0 Å². The summed E-state index contributed by atoms with van der Waals surface area (Å²) in [4.78, 5) is 27.4. The Labute approximate surface area is 179 Å². The molecule has 0 saturated carbocycles. The van der Waals surface area contributed by atoms with Crippen molar-refractivity contribution in [3.63, 3.8) is 0 Å². The fourth-order valence-corrected chi connectivity index (χ4v) is 4.01. The van der Waals surface area contributed by atoms with Crippen LogP contribution in [0.4, 0.5) is 5.69 Å². The molecule has 1 aliphatic heterocycles. The van der Waals surface area contributed by atoms with Crippen LogP contribution in [-0.4, -0.2) is 37.0 Å². The highest BCUT2D eigenvalue weighted by Crippen LogP contribution is 2.29. The van der Waals surface area contributed by atoms with E-state index < -0.39 is 0 Å². The van der Waals surface area contributed by atoms with E-state index in [0.717, 1.165) is 49.0 Å². The summed E-state index contributed by atoms with van der Waals surface area (Å²) in [5.41, 5.74) is 4.06. The molecule has 2 amide bonds. The van der Waals surface area contributed by atoms with Crippen LogP contribution in [0.15, 0.2) is 48.5 Å². The third-order valence-corrected chi connectivity index (χ3v) is 5.46. The topological polar surface area (TPSA) is 61.4 Å². The lowest BCUT2D eigenvalue weighted by molar-refractivity contribution is -0.120. The molecule has 0 aliphatic carbocycles. The Balaban J connectivity index is 1.60. The third-order valence-electron chi connectivity index (χ3n) is 5.46. The molecule has 1 unspecified atom stereocenters. The highest BCUT2D eigenvalue weighted by molar-refractivity contribution is 5.97. The van der Waals surface area contributed by atoms with E-state index >= 15 is 0 Å². The zero-order valence-electron chi connectivity index (χ0n) is 18.3. The Bertz CT molecular complexity index is 864. The van der Waals surface area contributed by atoms with E-state index in [4.69, 9.17) is 0 Å². The largest absolute Gasteiger partial charge is 0.362 e. The Hall–Kier alpha value is -2.82. The average molecular weight is 408 g/mol. The van der Waals surface area contributed by atoms with Gasteiger partial charge in [-0.3, -0.25) is 9.59 Å². The maximum Gasteiger partial charge on any atom is 0.251 e. The Morgan fingerprint density at radius 1 is 1.00 bits per heavy atom. The molecule has 1 aliphatic rings. The minimum absolute atomic E-state index is 0.0282. The van der Waals surface area contributed by atoms with Crippen LogP contribution in [0, 0.1) is 0 Å². The van der Waals surface area contributed by atoms with E-state index in [1.165, 1.54) is 5.56 Å². The van der Waals surface area contributed by atoms with Crippen molar-refractivity contribution in [3.05, 3.63) is 65.2 Å². The number of fused-ring (bicyclic) bond motifs is 1. The standard InChI is InChI=1S/C25H33N3O2/c1-18(2)26-25(30)22-11-7-13-23-21(22)12-8-16-28(23)17-24(29)27-19(3)14-15-20-9-5-4-6-10-20/h4-7,9-11,13,18-19H,8,12,14-17H2,1-3H3,(H,26,30)(H,27,29). The minimum Gasteiger partial charge on any atom is -0.362 e. The number of aryl methyl sites for hydroxylation is 1. The van der Waals surface area contributed by atoms with E-state index in [1.807, 2.05) is 50.2 Å². The number of nitrogens with zero attached hydrogens (tertiary/aromatic N) is 1. The van der Waals surface area contributed by atoms with Crippen molar-refractivity contribution in [2.45, 2.75) is 58.5 Å². The van der Waals surface area contributed by atoms with Crippen molar-refractivity contribution in [1.29, 1.82) is 0 Å². The molecule has 0 aromatic heterocycles. The summed E-state index contributed by atoms with van der Waals surface area (Å²) >= 11 is 0. The second-order valence-corrected chi connectivity index (χ2v) is 8.45. The van der Waals surface area contributed by atoms with Gasteiger partial charge >= 0.3 is 0 Å². The van der Waals surface area contributed by atoms with Gasteiger partial charge in [0.15, 0.2) is 0 Å². The van der Waals surface area contributed by atoms with Crippen LogP contribution in [0.2, 0.25) is 0 Å². The van der Waals surface area contributed by atoms with Crippen molar-refractivity contribution >= 4 is 17.5 Å². The van der Waals surface area contributed by atoms with Crippen LogP contribution in [0.25, 0.3) is 0 Å². The zero-order valence-corrected chi connectivity index (χ0v) is 18.3. The molecule has 2 N–H and O–H groups in total. The smallest absolute Gasteiger partial charge is 0.251 e. The molecule has 30 heavy (non-hydrogen) atoms. The predicted octanol–water partition coefficient (Wildman–Crippen LogP) is 3.71. The maximum atomic E-state index is 12.7. The van der Waals surface area contributed by atoms with Crippen molar-refractivity contribution < 1.29 is 9.59 Å². The second kappa shape index (κ2) is 10.3. The molecule has 1 heterocycles. The number of carbonyl (C=O) groups excluding carboxylic acids is 2. The summed E-state index contributed by atoms with van der Waals surface area (Å²) in [5.74, 6) is -0.0110. The Morgan fingerprint density at radius 2 is 1.77 bits per heavy atom. The summed E-state index contributed by atoms with van der Waals surface area (Å²) < 4.78 is 0. The number of nitrogens with one attached hydrogen (secondary N) is 2. The van der Waals surface area contributed by atoms with Crippen LogP contribution in [0.5, 0.6) is 0 Å². The monoisotopic (exact) mass is 407 g/mol. The van der Waals surface area contributed by atoms with Gasteiger partial charge in [-0.2, -0.15) is 0 Å². The third kappa shape index (κ3) is 5.85. The van der Waals surface area contributed by atoms with Gasteiger partial charge < -0.3 is 15.5 Å². The SMILES string of the molecule is CC(C)NC(=O)c1cccc2c1CCCN2CC(=O)NC(C)CCc1ccccc1. The van der Waals surface area contributed by atoms with Crippen molar-refractivity contribution in [1.82, 2.24) is 10.6 Å². The predicted molar refractivity (Wildman–Crippen MR) is 122 cm³/mol. The molecule has 0 saturated heterocycles. The normalized spacial score (nSPS) is 14.2. The summed E-state index contributed by atoms with van der Waals surface area (Å²) in [5, 5.41) is 6.11. The molecule has 0 bridgehead atoms. The number of rotatable bonds is 8. The van der Waals surface area contributed by atoms with Crippen molar-refractivity contribution in [2.75, 3.05) is 18.0 Å². The summed E-state index contributed by atoms with van der Waals surface area (Å²) in [6.45, 7) is 7.12. The fourth-order valence-electron chi connectivity index (χ4n) is 4.01. The highest BCUT2D eigenvalue weighted by Gasteiger charge is 2.24. The first-order valence-corrected chi connectivity index (χ1v) is 10.9. The van der Waals surface area contributed by atoms with Gasteiger partial charge in [0.1, 0.15) is 0 Å². The molecule has 5 heteroatoms. The highest BCUT2D eigenvalue weighted by atomic mass is 16.2. The Kier molecular flexibility index (Phi) is 7.50. The van der Waals surface area contributed by atoms with Gasteiger partial charge in [-0.25, -0.2) is 0 Å². The first kappa shape index (κ1) is 21.9. The molecule has 3 rings (SSSR count). The van der Waals surface area contributed by atoms with Crippen LogP contribution < -0.4 is 15.5 Å². The number of amides is 2. The van der Waals surface area contributed by atoms with Crippen molar-refractivity contribution in [2.24, 2.45) is 0 Å². The van der Waals surface area contributed by atoms with E-state index in [-0.39, 0.29) is 23.9 Å². The van der Waals surface area contributed by atoms with Gasteiger partial charge in [0.25, 0.3) is 5.91 Å².